The lowest BCUT2D eigenvalue weighted by Gasteiger charge is -2.23. The van der Waals surface area contributed by atoms with Crippen LogP contribution >= 0.6 is 28.7 Å². The van der Waals surface area contributed by atoms with Crippen LogP contribution in [0, 0.1) is 6.92 Å². The summed E-state index contributed by atoms with van der Waals surface area (Å²) < 4.78 is 12.1. The fourth-order valence-electron chi connectivity index (χ4n) is 2.70. The summed E-state index contributed by atoms with van der Waals surface area (Å²) in [6, 6.07) is 10.9. The Morgan fingerprint density at radius 1 is 1.21 bits per heavy atom. The molecule has 2 aromatic carbocycles. The average Bonchev–Trinajstić information content (AvgIpc) is 2.93. The molecule has 0 aliphatic heterocycles. The van der Waals surface area contributed by atoms with Crippen molar-refractivity contribution < 1.29 is 13.8 Å². The number of rotatable bonds is 5. The molecule has 0 spiro atoms. The quantitative estimate of drug-likeness (QED) is 0.593. The number of fused-ring (bicyclic) bond motifs is 1. The molecule has 1 atom stereocenters. The monoisotopic (exact) mass is 398 g/mol. The van der Waals surface area contributed by atoms with Crippen molar-refractivity contribution in [1.29, 1.82) is 0 Å². The van der Waals surface area contributed by atoms with Crippen molar-refractivity contribution in [3.8, 4) is 11.5 Å². The summed E-state index contributed by atoms with van der Waals surface area (Å²) in [6.07, 6.45) is 3.07. The van der Waals surface area contributed by atoms with Crippen LogP contribution in [0.15, 0.2) is 36.4 Å². The molecule has 0 amide bonds. The number of benzene rings is 2. The van der Waals surface area contributed by atoms with Crippen molar-refractivity contribution >= 4 is 46.3 Å². The summed E-state index contributed by atoms with van der Waals surface area (Å²) in [7, 11) is 0. The van der Waals surface area contributed by atoms with E-state index in [1.807, 2.05) is 25.3 Å². The van der Waals surface area contributed by atoms with Crippen LogP contribution in [0.2, 0.25) is 5.02 Å². The van der Waals surface area contributed by atoms with E-state index in [9.17, 15) is 4.79 Å². The summed E-state index contributed by atoms with van der Waals surface area (Å²) in [5.41, 5.74) is 0.0472. The molecule has 2 aromatic rings. The molecular formula is C17H16ClO3PS2. The van der Waals surface area contributed by atoms with Gasteiger partial charge in [-0.05, 0) is 72.6 Å². The molecular weight excluding hydrogens is 383 g/mol. The van der Waals surface area contributed by atoms with Crippen molar-refractivity contribution in [2.45, 2.75) is 19.8 Å². The maximum absolute atomic E-state index is 12.1. The zero-order chi connectivity index (χ0) is 17.3. The SMILES string of the molecule is CSP(=S)(Oc1cccc(Cl)c1)Oc1ccc(C)c2c1CCC2=O. The standard InChI is InChI=1S/C17H16ClO3PS2/c1-11-6-9-16(14-7-8-15(19)17(11)14)21-22(23,24-2)20-13-5-3-4-12(18)10-13/h3-6,9-10H,7-8H2,1-2H3. The second-order valence-corrected chi connectivity index (χ2v) is 12.2. The molecule has 1 aliphatic rings. The van der Waals surface area contributed by atoms with E-state index in [0.29, 0.717) is 29.4 Å². The highest BCUT2D eigenvalue weighted by molar-refractivity contribution is 8.67. The molecule has 0 aromatic heterocycles. The zero-order valence-electron chi connectivity index (χ0n) is 13.2. The van der Waals surface area contributed by atoms with Gasteiger partial charge in [0.05, 0.1) is 0 Å². The average molecular weight is 399 g/mol. The number of carbonyl (C=O) groups is 1. The van der Waals surface area contributed by atoms with Crippen LogP contribution in [0.3, 0.4) is 0 Å². The lowest BCUT2D eigenvalue weighted by atomic mass is 10.0. The second kappa shape index (κ2) is 7.09. The molecule has 1 aliphatic carbocycles. The Labute approximate surface area is 155 Å². The van der Waals surface area contributed by atoms with Crippen LogP contribution < -0.4 is 9.05 Å². The van der Waals surface area contributed by atoms with Crippen LogP contribution in [0.1, 0.15) is 27.9 Å². The van der Waals surface area contributed by atoms with Gasteiger partial charge in [-0.2, -0.15) is 0 Å². The van der Waals surface area contributed by atoms with Crippen molar-refractivity contribution in [2.24, 2.45) is 0 Å². The van der Waals surface area contributed by atoms with Gasteiger partial charge < -0.3 is 9.05 Å². The minimum absolute atomic E-state index is 0.168. The molecule has 0 heterocycles. The third kappa shape index (κ3) is 3.65. The third-order valence-electron chi connectivity index (χ3n) is 3.81. The number of hydrogen-bond donors (Lipinski definition) is 0. The van der Waals surface area contributed by atoms with E-state index in [4.69, 9.17) is 32.5 Å². The van der Waals surface area contributed by atoms with E-state index < -0.39 is 5.69 Å². The third-order valence-corrected chi connectivity index (χ3v) is 8.92. The number of aryl methyl sites for hydroxylation is 1. The van der Waals surface area contributed by atoms with E-state index in [1.54, 1.807) is 24.3 Å². The Hall–Kier alpha value is -1.00. The maximum atomic E-state index is 12.1. The van der Waals surface area contributed by atoms with Gasteiger partial charge in [0.2, 0.25) is 0 Å². The predicted octanol–water partition coefficient (Wildman–Crippen LogP) is 5.82. The number of hydrogen-bond acceptors (Lipinski definition) is 5. The smallest absolute Gasteiger partial charge is 0.348 e. The number of carbonyl (C=O) groups excluding carboxylic acids is 1. The van der Waals surface area contributed by atoms with Crippen LogP contribution in [0.25, 0.3) is 0 Å². The van der Waals surface area contributed by atoms with E-state index >= 15 is 0 Å². The number of Topliss-reactive ketones (excluding diaryl/α,β-unsaturated/α-hetero) is 1. The normalized spacial score (nSPS) is 15.7. The van der Waals surface area contributed by atoms with Crippen molar-refractivity contribution in [2.75, 3.05) is 6.26 Å². The molecule has 0 radical (unpaired) electrons. The molecule has 0 saturated carbocycles. The Morgan fingerprint density at radius 2 is 2.00 bits per heavy atom. The Morgan fingerprint density at radius 3 is 2.71 bits per heavy atom. The molecule has 0 saturated heterocycles. The minimum Gasteiger partial charge on any atom is -0.428 e. The van der Waals surface area contributed by atoms with Gasteiger partial charge in [-0.25, -0.2) is 0 Å². The van der Waals surface area contributed by atoms with Gasteiger partial charge in [0.15, 0.2) is 5.78 Å². The first-order valence-electron chi connectivity index (χ1n) is 7.38. The first kappa shape index (κ1) is 17.8. The summed E-state index contributed by atoms with van der Waals surface area (Å²) in [5, 5.41) is 0.581. The first-order chi connectivity index (χ1) is 11.4. The lowest BCUT2D eigenvalue weighted by Crippen LogP contribution is -2.01. The number of halogens is 1. The molecule has 0 bridgehead atoms. The second-order valence-electron chi connectivity index (χ2n) is 5.43. The van der Waals surface area contributed by atoms with Crippen LogP contribution in [0.5, 0.6) is 11.5 Å². The topological polar surface area (TPSA) is 35.5 Å². The molecule has 7 heteroatoms. The molecule has 3 rings (SSSR count). The van der Waals surface area contributed by atoms with Gasteiger partial charge in [0.1, 0.15) is 11.5 Å². The van der Waals surface area contributed by atoms with E-state index in [1.165, 1.54) is 11.4 Å². The summed E-state index contributed by atoms with van der Waals surface area (Å²) >= 11 is 13.0. The van der Waals surface area contributed by atoms with Gasteiger partial charge >= 0.3 is 5.69 Å². The summed E-state index contributed by atoms with van der Waals surface area (Å²) in [4.78, 5) is 12.1. The van der Waals surface area contributed by atoms with Crippen molar-refractivity contribution in [3.05, 3.63) is 58.1 Å². The van der Waals surface area contributed by atoms with Gasteiger partial charge in [0.25, 0.3) is 0 Å². The highest BCUT2D eigenvalue weighted by Crippen LogP contribution is 2.59. The Kier molecular flexibility index (Phi) is 5.26. The van der Waals surface area contributed by atoms with E-state index in [-0.39, 0.29) is 5.78 Å². The fourth-order valence-corrected chi connectivity index (χ4v) is 5.29. The molecule has 126 valence electrons. The van der Waals surface area contributed by atoms with Crippen LogP contribution in [-0.4, -0.2) is 12.0 Å². The molecule has 0 fully saturated rings. The highest BCUT2D eigenvalue weighted by atomic mass is 35.5. The number of ketones is 1. The lowest BCUT2D eigenvalue weighted by molar-refractivity contribution is 0.0994. The minimum atomic E-state index is -2.65. The Bertz CT molecular complexity index is 854. The highest BCUT2D eigenvalue weighted by Gasteiger charge is 2.29. The predicted molar refractivity (Wildman–Crippen MR) is 104 cm³/mol. The van der Waals surface area contributed by atoms with Gasteiger partial charge in [-0.1, -0.05) is 23.7 Å². The molecule has 3 nitrogen and oxygen atoms in total. The Balaban J connectivity index is 1.91. The van der Waals surface area contributed by atoms with E-state index in [2.05, 4.69) is 0 Å². The summed E-state index contributed by atoms with van der Waals surface area (Å²) in [6.45, 7) is 1.94. The van der Waals surface area contributed by atoms with Crippen molar-refractivity contribution in [3.63, 3.8) is 0 Å². The zero-order valence-corrected chi connectivity index (χ0v) is 16.5. The fraction of sp³-hybridized carbons (Fsp3) is 0.235. The van der Waals surface area contributed by atoms with Crippen molar-refractivity contribution in [1.82, 2.24) is 0 Å². The van der Waals surface area contributed by atoms with Crippen LogP contribution in [-0.2, 0) is 18.2 Å². The van der Waals surface area contributed by atoms with Crippen LogP contribution in [0.4, 0.5) is 0 Å². The largest absolute Gasteiger partial charge is 0.428 e. The molecule has 1 unspecified atom stereocenters. The maximum Gasteiger partial charge on any atom is 0.348 e. The molecule has 0 N–H and O–H groups in total. The van der Waals surface area contributed by atoms with Gasteiger partial charge in [-0.3, -0.25) is 4.79 Å². The molecule has 24 heavy (non-hydrogen) atoms. The first-order valence-corrected chi connectivity index (χ1v) is 12.2. The van der Waals surface area contributed by atoms with E-state index in [0.717, 1.165) is 16.7 Å². The summed E-state index contributed by atoms with van der Waals surface area (Å²) in [5.74, 6) is 1.40. The van der Waals surface area contributed by atoms with Gasteiger partial charge in [-0.15, -0.1) is 0 Å². The van der Waals surface area contributed by atoms with Gasteiger partial charge in [0, 0.05) is 22.6 Å².